The summed E-state index contributed by atoms with van der Waals surface area (Å²) >= 11 is 0. The number of hydrogen-bond acceptors (Lipinski definition) is 5. The van der Waals surface area contributed by atoms with Gasteiger partial charge in [0.05, 0.1) is 6.04 Å². The van der Waals surface area contributed by atoms with Crippen molar-refractivity contribution in [1.82, 2.24) is 4.98 Å². The molecular formula is C21H20N2O4. The molecule has 0 saturated carbocycles. The summed E-state index contributed by atoms with van der Waals surface area (Å²) in [4.78, 5) is 28.1. The van der Waals surface area contributed by atoms with Crippen molar-refractivity contribution in [2.24, 2.45) is 5.73 Å². The molecule has 6 heteroatoms. The number of phenolic OH excluding ortho intramolecular Hbond substituents is 1. The molecule has 3 aromatic rings. The fourth-order valence-corrected chi connectivity index (χ4v) is 3.21. The summed E-state index contributed by atoms with van der Waals surface area (Å²) in [5.41, 5.74) is 8.00. The molecule has 1 heterocycles. The molecule has 0 spiro atoms. The molecule has 0 bridgehead atoms. The Labute approximate surface area is 156 Å². The number of aromatic carboxylic acids is 1. The number of rotatable bonds is 6. The Balaban J connectivity index is 1.94. The molecule has 0 aliphatic rings. The number of benzene rings is 2. The van der Waals surface area contributed by atoms with E-state index in [1.165, 1.54) is 6.07 Å². The van der Waals surface area contributed by atoms with Gasteiger partial charge in [0, 0.05) is 10.9 Å². The summed E-state index contributed by atoms with van der Waals surface area (Å²) in [5, 5.41) is 20.2. The fraction of sp³-hybridized carbons (Fsp3) is 0.190. The number of nitrogens with two attached hydrogens (primary N) is 1. The van der Waals surface area contributed by atoms with Crippen LogP contribution in [0.3, 0.4) is 0 Å². The zero-order valence-corrected chi connectivity index (χ0v) is 14.8. The molecule has 0 radical (unpaired) electrons. The summed E-state index contributed by atoms with van der Waals surface area (Å²) in [6.45, 7) is 1.68. The SMILES string of the molecule is Cc1c(C(=O)O)nc2c(O)cccc2c1CCC(N)C(=O)c1ccccc1. The summed E-state index contributed by atoms with van der Waals surface area (Å²) in [7, 11) is 0. The minimum absolute atomic E-state index is 0.0825. The fourth-order valence-electron chi connectivity index (χ4n) is 3.21. The predicted molar refractivity (Wildman–Crippen MR) is 102 cm³/mol. The normalized spacial score (nSPS) is 12.1. The first kappa shape index (κ1) is 18.5. The van der Waals surface area contributed by atoms with Crippen LogP contribution in [0.1, 0.15) is 38.4 Å². The molecule has 4 N–H and O–H groups in total. The Morgan fingerprint density at radius 3 is 2.48 bits per heavy atom. The number of carbonyl (C=O) groups is 2. The Bertz CT molecular complexity index is 1020. The van der Waals surface area contributed by atoms with Crippen LogP contribution in [-0.2, 0) is 6.42 Å². The van der Waals surface area contributed by atoms with Crippen LogP contribution in [0.15, 0.2) is 48.5 Å². The number of aromatic nitrogens is 1. The molecule has 2 aromatic carbocycles. The van der Waals surface area contributed by atoms with E-state index in [0.29, 0.717) is 29.4 Å². The van der Waals surface area contributed by atoms with Gasteiger partial charge in [-0.25, -0.2) is 9.78 Å². The van der Waals surface area contributed by atoms with Crippen molar-refractivity contribution in [3.8, 4) is 5.75 Å². The molecule has 0 aliphatic carbocycles. The Morgan fingerprint density at radius 2 is 1.81 bits per heavy atom. The van der Waals surface area contributed by atoms with Crippen LogP contribution in [0.2, 0.25) is 0 Å². The molecule has 0 fully saturated rings. The van der Waals surface area contributed by atoms with E-state index < -0.39 is 12.0 Å². The second kappa shape index (κ2) is 7.55. The average molecular weight is 364 g/mol. The van der Waals surface area contributed by atoms with Crippen molar-refractivity contribution >= 4 is 22.7 Å². The maximum Gasteiger partial charge on any atom is 0.354 e. The third-order valence-corrected chi connectivity index (χ3v) is 4.67. The van der Waals surface area contributed by atoms with Crippen molar-refractivity contribution in [2.75, 3.05) is 0 Å². The van der Waals surface area contributed by atoms with Crippen molar-refractivity contribution in [2.45, 2.75) is 25.8 Å². The maximum absolute atomic E-state index is 12.5. The molecule has 0 saturated heterocycles. The molecule has 1 aromatic heterocycles. The molecule has 1 atom stereocenters. The summed E-state index contributed by atoms with van der Waals surface area (Å²) in [6.07, 6.45) is 0.747. The molecule has 1 unspecified atom stereocenters. The van der Waals surface area contributed by atoms with E-state index >= 15 is 0 Å². The molecular weight excluding hydrogens is 344 g/mol. The molecule has 0 amide bonds. The van der Waals surface area contributed by atoms with Gasteiger partial charge in [0.2, 0.25) is 0 Å². The van der Waals surface area contributed by atoms with Gasteiger partial charge in [-0.1, -0.05) is 42.5 Å². The van der Waals surface area contributed by atoms with Crippen LogP contribution in [0.4, 0.5) is 0 Å². The average Bonchev–Trinajstić information content (AvgIpc) is 2.66. The number of Topliss-reactive ketones (excluding diaryl/α,β-unsaturated/α-hetero) is 1. The topological polar surface area (TPSA) is 114 Å². The van der Waals surface area contributed by atoms with Gasteiger partial charge < -0.3 is 15.9 Å². The van der Waals surface area contributed by atoms with E-state index in [0.717, 1.165) is 5.56 Å². The van der Waals surface area contributed by atoms with E-state index in [-0.39, 0.29) is 22.7 Å². The van der Waals surface area contributed by atoms with E-state index in [1.807, 2.05) is 6.07 Å². The highest BCUT2D eigenvalue weighted by atomic mass is 16.4. The maximum atomic E-state index is 12.5. The van der Waals surface area contributed by atoms with Gasteiger partial charge in [0.15, 0.2) is 11.5 Å². The summed E-state index contributed by atoms with van der Waals surface area (Å²) < 4.78 is 0. The molecule has 138 valence electrons. The first-order chi connectivity index (χ1) is 12.9. The van der Waals surface area contributed by atoms with Crippen LogP contribution in [-0.4, -0.2) is 33.0 Å². The minimum Gasteiger partial charge on any atom is -0.506 e. The highest BCUT2D eigenvalue weighted by Crippen LogP contribution is 2.30. The lowest BCUT2D eigenvalue weighted by Gasteiger charge is -2.15. The monoisotopic (exact) mass is 364 g/mol. The number of ketones is 1. The van der Waals surface area contributed by atoms with Crippen LogP contribution in [0.25, 0.3) is 10.9 Å². The number of para-hydroxylation sites is 1. The second-order valence-electron chi connectivity index (χ2n) is 6.42. The van der Waals surface area contributed by atoms with Crippen molar-refractivity contribution in [1.29, 1.82) is 0 Å². The lowest BCUT2D eigenvalue weighted by atomic mass is 9.93. The number of aromatic hydroxyl groups is 1. The van der Waals surface area contributed by atoms with Crippen LogP contribution < -0.4 is 5.73 Å². The molecule has 6 nitrogen and oxygen atoms in total. The Morgan fingerprint density at radius 1 is 1.11 bits per heavy atom. The number of phenols is 1. The first-order valence-corrected chi connectivity index (χ1v) is 8.59. The highest BCUT2D eigenvalue weighted by molar-refractivity contribution is 6.00. The summed E-state index contributed by atoms with van der Waals surface area (Å²) in [5.74, 6) is -1.41. The number of aryl methyl sites for hydroxylation is 1. The van der Waals surface area contributed by atoms with Gasteiger partial charge in [0.25, 0.3) is 0 Å². The Hall–Kier alpha value is -3.25. The van der Waals surface area contributed by atoms with Gasteiger partial charge in [-0.2, -0.15) is 0 Å². The van der Waals surface area contributed by atoms with Gasteiger partial charge in [-0.15, -0.1) is 0 Å². The highest BCUT2D eigenvalue weighted by Gasteiger charge is 2.21. The number of hydrogen-bond donors (Lipinski definition) is 3. The van der Waals surface area contributed by atoms with Gasteiger partial charge in [-0.05, 0) is 37.0 Å². The third kappa shape index (κ3) is 3.66. The first-order valence-electron chi connectivity index (χ1n) is 8.59. The minimum atomic E-state index is -1.16. The van der Waals surface area contributed by atoms with E-state index in [1.54, 1.807) is 43.3 Å². The number of carboxylic acids is 1. The van der Waals surface area contributed by atoms with Gasteiger partial charge in [-0.3, -0.25) is 4.79 Å². The number of nitrogens with zero attached hydrogens (tertiary/aromatic N) is 1. The van der Waals surface area contributed by atoms with Crippen molar-refractivity contribution < 1.29 is 19.8 Å². The lowest BCUT2D eigenvalue weighted by Crippen LogP contribution is -2.31. The number of fused-ring (bicyclic) bond motifs is 1. The predicted octanol–water partition coefficient (Wildman–Crippen LogP) is 3.09. The molecule has 27 heavy (non-hydrogen) atoms. The van der Waals surface area contributed by atoms with E-state index in [4.69, 9.17) is 5.73 Å². The van der Waals surface area contributed by atoms with Gasteiger partial charge in [0.1, 0.15) is 11.3 Å². The van der Waals surface area contributed by atoms with Crippen LogP contribution in [0, 0.1) is 6.92 Å². The van der Waals surface area contributed by atoms with Crippen LogP contribution in [0.5, 0.6) is 5.75 Å². The number of carboxylic acid groups (broad SMARTS) is 1. The summed E-state index contributed by atoms with van der Waals surface area (Å²) in [6, 6.07) is 13.0. The second-order valence-corrected chi connectivity index (χ2v) is 6.42. The molecule has 3 rings (SSSR count). The third-order valence-electron chi connectivity index (χ3n) is 4.67. The van der Waals surface area contributed by atoms with E-state index in [9.17, 15) is 19.8 Å². The lowest BCUT2D eigenvalue weighted by molar-refractivity contribution is 0.0689. The standard InChI is InChI=1S/C21H20N2O4/c1-12-14(10-11-16(22)20(25)13-6-3-2-4-7-13)15-8-5-9-17(24)19(15)23-18(12)21(26)27/h2-9,16,24H,10-11,22H2,1H3,(H,26,27). The van der Waals surface area contributed by atoms with E-state index in [2.05, 4.69) is 4.98 Å². The largest absolute Gasteiger partial charge is 0.506 e. The zero-order chi connectivity index (χ0) is 19.6. The zero-order valence-electron chi connectivity index (χ0n) is 14.8. The van der Waals surface area contributed by atoms with Gasteiger partial charge >= 0.3 is 5.97 Å². The molecule has 0 aliphatic heterocycles. The Kier molecular flexibility index (Phi) is 5.19. The number of carbonyl (C=O) groups excluding carboxylic acids is 1. The van der Waals surface area contributed by atoms with Crippen LogP contribution >= 0.6 is 0 Å². The van der Waals surface area contributed by atoms with Crippen molar-refractivity contribution in [3.05, 3.63) is 70.9 Å². The quantitative estimate of drug-likeness (QED) is 0.579. The number of pyridine rings is 1. The smallest absolute Gasteiger partial charge is 0.354 e. The van der Waals surface area contributed by atoms with Crippen molar-refractivity contribution in [3.63, 3.8) is 0 Å².